The van der Waals surface area contributed by atoms with Crippen molar-refractivity contribution in [2.45, 2.75) is 46.0 Å². The minimum Gasteiger partial charge on any atom is -0.368 e. The Bertz CT molecular complexity index is 506. The zero-order valence-corrected chi connectivity index (χ0v) is 13.9. The average Bonchev–Trinajstić information content (AvgIpc) is 2.74. The lowest BCUT2D eigenvalue weighted by Crippen LogP contribution is -2.31. The first kappa shape index (κ1) is 15.5. The van der Waals surface area contributed by atoms with E-state index in [2.05, 4.69) is 34.0 Å². The van der Waals surface area contributed by atoms with Crippen molar-refractivity contribution in [1.82, 2.24) is 15.3 Å². The lowest BCUT2D eigenvalue weighted by atomic mass is 9.82. The molecule has 1 fully saturated rings. The molecule has 3 N–H and O–H groups in total. The maximum atomic E-state index is 6.01. The van der Waals surface area contributed by atoms with Gasteiger partial charge < -0.3 is 16.0 Å². The Hall–Kier alpha value is -1.36. The standard InChI is InChI=1S/C17H29N5/c1-12(2)10-13-4-5-14-15(11-13)20-17(18)21-16(14)22-8-3-6-19-7-9-22/h12-13,19H,3-11H2,1-2H3,(H2,18,20,21). The van der Waals surface area contributed by atoms with E-state index in [0.717, 1.165) is 63.1 Å². The molecule has 2 heterocycles. The van der Waals surface area contributed by atoms with Crippen LogP contribution in [0.3, 0.4) is 0 Å². The summed E-state index contributed by atoms with van der Waals surface area (Å²) in [6, 6.07) is 0. The van der Waals surface area contributed by atoms with Gasteiger partial charge in [0.2, 0.25) is 5.95 Å². The molecule has 122 valence electrons. The number of anilines is 2. The van der Waals surface area contributed by atoms with E-state index in [4.69, 9.17) is 5.73 Å². The Kier molecular flexibility index (Phi) is 4.81. The highest BCUT2D eigenvalue weighted by atomic mass is 15.2. The summed E-state index contributed by atoms with van der Waals surface area (Å²) in [7, 11) is 0. The zero-order chi connectivity index (χ0) is 15.5. The average molecular weight is 303 g/mol. The van der Waals surface area contributed by atoms with E-state index in [0.29, 0.717) is 5.95 Å². The monoisotopic (exact) mass is 303 g/mol. The number of nitrogens with zero attached hydrogens (tertiary/aromatic N) is 3. The van der Waals surface area contributed by atoms with Crippen molar-refractivity contribution < 1.29 is 0 Å². The molecule has 0 amide bonds. The molecule has 1 aromatic rings. The molecule has 3 rings (SSSR count). The Morgan fingerprint density at radius 3 is 2.95 bits per heavy atom. The van der Waals surface area contributed by atoms with Crippen LogP contribution >= 0.6 is 0 Å². The molecule has 5 heteroatoms. The maximum absolute atomic E-state index is 6.01. The zero-order valence-electron chi connectivity index (χ0n) is 13.9. The van der Waals surface area contributed by atoms with Crippen LogP contribution in [0.2, 0.25) is 0 Å². The van der Waals surface area contributed by atoms with Crippen LogP contribution in [-0.4, -0.2) is 36.1 Å². The number of hydrogen-bond donors (Lipinski definition) is 2. The minimum atomic E-state index is 0.441. The maximum Gasteiger partial charge on any atom is 0.222 e. The van der Waals surface area contributed by atoms with Crippen molar-refractivity contribution in [3.05, 3.63) is 11.3 Å². The first-order valence-electron chi connectivity index (χ1n) is 8.74. The highest BCUT2D eigenvalue weighted by Crippen LogP contribution is 2.33. The molecule has 1 aliphatic heterocycles. The van der Waals surface area contributed by atoms with Crippen molar-refractivity contribution in [3.63, 3.8) is 0 Å². The highest BCUT2D eigenvalue weighted by Gasteiger charge is 2.26. The van der Waals surface area contributed by atoms with Gasteiger partial charge in [-0.25, -0.2) is 4.98 Å². The number of nitrogen functional groups attached to an aromatic ring is 1. The molecule has 0 aromatic carbocycles. The van der Waals surface area contributed by atoms with Crippen LogP contribution < -0.4 is 16.0 Å². The van der Waals surface area contributed by atoms with E-state index in [1.54, 1.807) is 0 Å². The van der Waals surface area contributed by atoms with Crippen molar-refractivity contribution in [3.8, 4) is 0 Å². The number of rotatable bonds is 3. The van der Waals surface area contributed by atoms with Crippen LogP contribution in [0, 0.1) is 11.8 Å². The Morgan fingerprint density at radius 2 is 2.14 bits per heavy atom. The van der Waals surface area contributed by atoms with Gasteiger partial charge in [-0.3, -0.25) is 0 Å². The van der Waals surface area contributed by atoms with Crippen molar-refractivity contribution in [2.75, 3.05) is 36.8 Å². The van der Waals surface area contributed by atoms with Crippen LogP contribution in [0.5, 0.6) is 0 Å². The summed E-state index contributed by atoms with van der Waals surface area (Å²) in [4.78, 5) is 11.6. The van der Waals surface area contributed by atoms with Crippen molar-refractivity contribution in [2.24, 2.45) is 11.8 Å². The number of hydrogen-bond acceptors (Lipinski definition) is 5. The molecule has 0 saturated carbocycles. The second kappa shape index (κ2) is 6.82. The summed E-state index contributed by atoms with van der Waals surface area (Å²) >= 11 is 0. The van der Waals surface area contributed by atoms with Gasteiger partial charge in [-0.1, -0.05) is 13.8 Å². The van der Waals surface area contributed by atoms with E-state index in [-0.39, 0.29) is 0 Å². The Morgan fingerprint density at radius 1 is 1.27 bits per heavy atom. The largest absolute Gasteiger partial charge is 0.368 e. The van der Waals surface area contributed by atoms with Gasteiger partial charge in [-0.15, -0.1) is 0 Å². The fourth-order valence-electron chi connectivity index (χ4n) is 3.87. The predicted octanol–water partition coefficient (Wildman–Crippen LogP) is 2.01. The summed E-state index contributed by atoms with van der Waals surface area (Å²) in [6.45, 7) is 8.80. The van der Waals surface area contributed by atoms with E-state index < -0.39 is 0 Å². The molecule has 0 bridgehead atoms. The van der Waals surface area contributed by atoms with Gasteiger partial charge in [0.25, 0.3) is 0 Å². The summed E-state index contributed by atoms with van der Waals surface area (Å²) < 4.78 is 0. The summed E-state index contributed by atoms with van der Waals surface area (Å²) in [5, 5.41) is 3.45. The molecule has 0 radical (unpaired) electrons. The van der Waals surface area contributed by atoms with Gasteiger partial charge >= 0.3 is 0 Å². The lowest BCUT2D eigenvalue weighted by molar-refractivity contribution is 0.365. The van der Waals surface area contributed by atoms with Crippen molar-refractivity contribution >= 4 is 11.8 Å². The van der Waals surface area contributed by atoms with Gasteiger partial charge in [0, 0.05) is 25.2 Å². The van der Waals surface area contributed by atoms with Crippen LogP contribution in [0.25, 0.3) is 0 Å². The van der Waals surface area contributed by atoms with Gasteiger partial charge in [0.15, 0.2) is 0 Å². The predicted molar refractivity (Wildman–Crippen MR) is 91.1 cm³/mol. The Labute approximate surface area is 133 Å². The molecular weight excluding hydrogens is 274 g/mol. The highest BCUT2D eigenvalue weighted by molar-refractivity contribution is 5.53. The normalized spacial score (nSPS) is 22.5. The molecule has 2 aliphatic rings. The number of aromatic nitrogens is 2. The third-order valence-electron chi connectivity index (χ3n) is 4.82. The summed E-state index contributed by atoms with van der Waals surface area (Å²) in [6.07, 6.45) is 5.88. The van der Waals surface area contributed by atoms with Crippen LogP contribution in [0.4, 0.5) is 11.8 Å². The fraction of sp³-hybridized carbons (Fsp3) is 0.765. The molecular formula is C17H29N5. The topological polar surface area (TPSA) is 67.1 Å². The minimum absolute atomic E-state index is 0.441. The van der Waals surface area contributed by atoms with E-state index in [1.807, 2.05) is 0 Å². The number of fused-ring (bicyclic) bond motifs is 1. The molecule has 5 nitrogen and oxygen atoms in total. The molecule has 0 spiro atoms. The quantitative estimate of drug-likeness (QED) is 0.894. The van der Waals surface area contributed by atoms with E-state index in [9.17, 15) is 0 Å². The van der Waals surface area contributed by atoms with Crippen LogP contribution in [0.1, 0.15) is 44.4 Å². The lowest BCUT2D eigenvalue weighted by Gasteiger charge is -2.30. The van der Waals surface area contributed by atoms with Gasteiger partial charge in [0.05, 0.1) is 5.69 Å². The van der Waals surface area contributed by atoms with E-state index >= 15 is 0 Å². The molecule has 1 atom stereocenters. The molecule has 22 heavy (non-hydrogen) atoms. The third-order valence-corrected chi connectivity index (χ3v) is 4.82. The number of nitrogens with two attached hydrogens (primary N) is 1. The van der Waals surface area contributed by atoms with Crippen molar-refractivity contribution in [1.29, 1.82) is 0 Å². The third kappa shape index (κ3) is 3.51. The Balaban J connectivity index is 1.85. The van der Waals surface area contributed by atoms with E-state index in [1.165, 1.54) is 24.1 Å². The summed E-state index contributed by atoms with van der Waals surface area (Å²) in [5.41, 5.74) is 8.57. The molecule has 1 unspecified atom stereocenters. The fourth-order valence-corrected chi connectivity index (χ4v) is 3.87. The van der Waals surface area contributed by atoms with Gasteiger partial charge in [0.1, 0.15) is 5.82 Å². The summed E-state index contributed by atoms with van der Waals surface area (Å²) in [5.74, 6) is 3.05. The van der Waals surface area contributed by atoms with Crippen LogP contribution in [0.15, 0.2) is 0 Å². The molecule has 1 aliphatic carbocycles. The van der Waals surface area contributed by atoms with Crippen LogP contribution in [-0.2, 0) is 12.8 Å². The molecule has 1 aromatic heterocycles. The first-order chi connectivity index (χ1) is 10.6. The smallest absolute Gasteiger partial charge is 0.222 e. The second-order valence-electron chi connectivity index (χ2n) is 7.16. The van der Waals surface area contributed by atoms with Gasteiger partial charge in [-0.05, 0) is 50.5 Å². The van der Waals surface area contributed by atoms with Gasteiger partial charge in [-0.2, -0.15) is 4.98 Å². The molecule has 1 saturated heterocycles. The number of nitrogens with one attached hydrogen (secondary N) is 1. The SMILES string of the molecule is CC(C)CC1CCc2c(nc(N)nc2N2CCCNCC2)C1. The first-order valence-corrected chi connectivity index (χ1v) is 8.74. The second-order valence-corrected chi connectivity index (χ2v) is 7.16.